The smallest absolute Gasteiger partial charge is 0.315 e. The van der Waals surface area contributed by atoms with Crippen LogP contribution in [0.2, 0.25) is 0 Å². The second kappa shape index (κ2) is 11.1. The Morgan fingerprint density at radius 3 is 2.38 bits per heavy atom. The van der Waals surface area contributed by atoms with Crippen LogP contribution in [0.1, 0.15) is 111 Å². The van der Waals surface area contributed by atoms with Gasteiger partial charge in [-0.1, -0.05) is 78.3 Å². The van der Waals surface area contributed by atoms with Gasteiger partial charge in [0.25, 0.3) is 0 Å². The molecule has 8 rings (SSSR count). The van der Waals surface area contributed by atoms with E-state index < -0.39 is 48.7 Å². The van der Waals surface area contributed by atoms with Crippen LogP contribution < -0.4 is 0 Å². The van der Waals surface area contributed by atoms with Crippen LogP contribution in [0, 0.1) is 44.8 Å². The van der Waals surface area contributed by atoms with Crippen LogP contribution in [-0.4, -0.2) is 68.7 Å². The molecule has 12 atom stereocenters. The number of ether oxygens (including phenoxy) is 2. The fraction of sp³-hybridized carbons (Fsp3) is 0.738. The predicted molar refractivity (Wildman–Crippen MR) is 191 cm³/mol. The zero-order valence-electron chi connectivity index (χ0n) is 31.1. The van der Waals surface area contributed by atoms with Crippen molar-refractivity contribution in [3.63, 3.8) is 0 Å². The number of benzene rings is 1. The summed E-state index contributed by atoms with van der Waals surface area (Å²) >= 11 is 0. The van der Waals surface area contributed by atoms with Crippen LogP contribution in [0.3, 0.4) is 0 Å². The molecule has 0 spiro atoms. The molecule has 274 valence electrons. The monoisotopic (exact) mass is 689 g/mol. The van der Waals surface area contributed by atoms with Gasteiger partial charge in [0, 0.05) is 22.0 Å². The van der Waals surface area contributed by atoms with E-state index in [1.807, 2.05) is 0 Å². The molecule has 5 aliphatic carbocycles. The maximum Gasteiger partial charge on any atom is 0.315 e. The first-order valence-corrected chi connectivity index (χ1v) is 19.3. The number of aromatic nitrogens is 1. The molecule has 1 aromatic heterocycles. The third kappa shape index (κ3) is 4.50. The van der Waals surface area contributed by atoms with Gasteiger partial charge in [-0.25, -0.2) is 0 Å². The van der Waals surface area contributed by atoms with Crippen molar-refractivity contribution in [2.45, 2.75) is 142 Å². The minimum atomic E-state index is -1.61. The highest BCUT2D eigenvalue weighted by Gasteiger charge is 2.69. The topological polar surface area (TPSA) is 132 Å². The lowest BCUT2D eigenvalue weighted by Crippen LogP contribution is -2.65. The molecule has 50 heavy (non-hydrogen) atoms. The number of carbonyl (C=O) groups is 1. The number of rotatable bonds is 3. The summed E-state index contributed by atoms with van der Waals surface area (Å²) in [7, 11) is 0. The van der Waals surface area contributed by atoms with Gasteiger partial charge in [-0.2, -0.15) is 0 Å². The Hall–Kier alpha value is -2.23. The number of nitrogens with one attached hydrogen (secondary N) is 1. The second-order valence-electron chi connectivity index (χ2n) is 19.4. The lowest BCUT2D eigenvalue weighted by Gasteiger charge is -2.70. The summed E-state index contributed by atoms with van der Waals surface area (Å²) in [5.41, 5.74) is 4.98. The number of hydrogen-bond acceptors (Lipinski definition) is 7. The highest BCUT2D eigenvalue weighted by atomic mass is 16.7. The third-order valence-corrected chi connectivity index (χ3v) is 16.3. The zero-order chi connectivity index (χ0) is 35.8. The first kappa shape index (κ1) is 34.8. The number of hydrogen-bond donors (Lipinski definition) is 5. The van der Waals surface area contributed by atoms with Crippen LogP contribution >= 0.6 is 0 Å². The fourth-order valence-corrected chi connectivity index (χ4v) is 13.3. The summed E-state index contributed by atoms with van der Waals surface area (Å²) in [5.74, 6) is 0.647. The Balaban J connectivity index is 1.16. The van der Waals surface area contributed by atoms with E-state index >= 15 is 0 Å². The van der Waals surface area contributed by atoms with Gasteiger partial charge < -0.3 is 34.9 Å². The SMILES string of the molecule is CC1(C)CC[C@]2(C(=O)O[C@@H]3O[C@H](CO)[C@H](O)[C@H](O)[C@H]3O)CC[C@]3(C)C(=CC[C@@H]4[C@@]5(C)Cc6c([nH]c7ccccc67)C(C)(C)[C@@H]5CC[C@]43C)[C@@H]2C1. The Kier molecular flexibility index (Phi) is 7.76. The standard InChI is InChI=1S/C42H59NO7/c1-37(2)16-18-42(36(48)50-35-33(47)32(46)31(45)28(22-44)49-35)19-17-40(6)25(26(42)21-37)12-13-30-39(5)20-24-23-10-8-9-11-27(23)43-34(24)38(3,4)29(39)14-15-41(30,40)7/h8-12,26,28-33,35,43-47H,13-22H2,1-7H3/t26-,28+,29-,30+,31-,32-,33+,35-,39-,40+,41+,42-/m0/s1. The maximum absolute atomic E-state index is 14.6. The van der Waals surface area contributed by atoms with Gasteiger partial charge in [-0.05, 0) is 109 Å². The first-order chi connectivity index (χ1) is 23.4. The molecule has 3 saturated carbocycles. The van der Waals surface area contributed by atoms with Crippen molar-refractivity contribution < 1.29 is 34.7 Å². The van der Waals surface area contributed by atoms with Gasteiger partial charge >= 0.3 is 5.97 Å². The van der Waals surface area contributed by atoms with Crippen molar-refractivity contribution in [1.29, 1.82) is 0 Å². The summed E-state index contributed by atoms with van der Waals surface area (Å²) < 4.78 is 11.7. The molecule has 1 saturated heterocycles. The first-order valence-electron chi connectivity index (χ1n) is 19.3. The summed E-state index contributed by atoms with van der Waals surface area (Å²) in [6.07, 6.45) is 3.70. The van der Waals surface area contributed by atoms with Crippen LogP contribution in [0.25, 0.3) is 10.9 Å². The summed E-state index contributed by atoms with van der Waals surface area (Å²) in [5, 5.41) is 42.7. The third-order valence-electron chi connectivity index (χ3n) is 16.3. The number of aliphatic hydroxyl groups excluding tert-OH is 4. The highest BCUT2D eigenvalue weighted by molar-refractivity contribution is 5.85. The maximum atomic E-state index is 14.6. The molecule has 0 radical (unpaired) electrons. The molecule has 6 aliphatic rings. The van der Waals surface area contributed by atoms with Crippen molar-refractivity contribution in [2.75, 3.05) is 6.61 Å². The minimum Gasteiger partial charge on any atom is -0.432 e. The van der Waals surface area contributed by atoms with Gasteiger partial charge in [0.2, 0.25) is 6.29 Å². The van der Waals surface area contributed by atoms with Gasteiger partial charge in [-0.15, -0.1) is 0 Å². The molecular weight excluding hydrogens is 630 g/mol. The molecule has 0 amide bonds. The number of aromatic amines is 1. The second-order valence-corrected chi connectivity index (χ2v) is 19.4. The van der Waals surface area contributed by atoms with E-state index in [0.717, 1.165) is 38.5 Å². The zero-order valence-corrected chi connectivity index (χ0v) is 31.1. The molecule has 8 nitrogen and oxygen atoms in total. The summed E-state index contributed by atoms with van der Waals surface area (Å²) in [6, 6.07) is 8.81. The van der Waals surface area contributed by atoms with E-state index in [4.69, 9.17) is 9.47 Å². The molecule has 5 N–H and O–H groups in total. The Morgan fingerprint density at radius 2 is 1.64 bits per heavy atom. The Bertz CT molecular complexity index is 1730. The molecule has 2 heterocycles. The summed E-state index contributed by atoms with van der Waals surface area (Å²) in [4.78, 5) is 18.4. The van der Waals surface area contributed by atoms with Crippen molar-refractivity contribution in [3.05, 3.63) is 47.2 Å². The van der Waals surface area contributed by atoms with Crippen molar-refractivity contribution >= 4 is 16.9 Å². The fourth-order valence-electron chi connectivity index (χ4n) is 13.3. The minimum absolute atomic E-state index is 0.00583. The lowest BCUT2D eigenvalue weighted by molar-refractivity contribution is -0.297. The Labute approximate surface area is 297 Å². The summed E-state index contributed by atoms with van der Waals surface area (Å²) in [6.45, 7) is 16.7. The van der Waals surface area contributed by atoms with Crippen LogP contribution in [0.15, 0.2) is 35.9 Å². The van der Waals surface area contributed by atoms with E-state index in [9.17, 15) is 25.2 Å². The van der Waals surface area contributed by atoms with E-state index in [0.29, 0.717) is 24.7 Å². The molecule has 0 unspecified atom stereocenters. The number of allylic oxidation sites excluding steroid dienone is 2. The number of para-hydroxylation sites is 1. The average molecular weight is 690 g/mol. The average Bonchev–Trinajstić information content (AvgIpc) is 3.44. The van der Waals surface area contributed by atoms with Crippen molar-refractivity contribution in [1.82, 2.24) is 4.98 Å². The van der Waals surface area contributed by atoms with E-state index in [2.05, 4.69) is 83.8 Å². The number of fused-ring (bicyclic) bond motifs is 10. The molecule has 1 aromatic carbocycles. The molecule has 0 bridgehead atoms. The normalized spacial score (nSPS) is 46.0. The largest absolute Gasteiger partial charge is 0.432 e. The number of carbonyl (C=O) groups excluding carboxylic acids is 1. The predicted octanol–water partition coefficient (Wildman–Crippen LogP) is 6.33. The molecular formula is C42H59NO7. The van der Waals surface area contributed by atoms with Crippen molar-refractivity contribution in [3.8, 4) is 0 Å². The van der Waals surface area contributed by atoms with E-state index in [-0.39, 0.29) is 33.0 Å². The van der Waals surface area contributed by atoms with Crippen LogP contribution in [0.4, 0.5) is 0 Å². The lowest BCUT2D eigenvalue weighted by atomic mass is 9.33. The number of esters is 1. The van der Waals surface area contributed by atoms with Crippen LogP contribution in [0.5, 0.6) is 0 Å². The van der Waals surface area contributed by atoms with Gasteiger partial charge in [0.1, 0.15) is 24.4 Å². The quantitative estimate of drug-likeness (QED) is 0.188. The molecule has 4 fully saturated rings. The van der Waals surface area contributed by atoms with E-state index in [1.54, 1.807) is 0 Å². The van der Waals surface area contributed by atoms with Gasteiger partial charge in [0.15, 0.2) is 0 Å². The molecule has 1 aliphatic heterocycles. The number of aliphatic hydroxyl groups is 4. The number of H-pyrrole nitrogens is 1. The van der Waals surface area contributed by atoms with Crippen molar-refractivity contribution in [2.24, 2.45) is 44.8 Å². The highest BCUT2D eigenvalue weighted by Crippen LogP contribution is 2.75. The van der Waals surface area contributed by atoms with Gasteiger partial charge in [-0.3, -0.25) is 4.79 Å². The Morgan fingerprint density at radius 1 is 0.920 bits per heavy atom. The van der Waals surface area contributed by atoms with Gasteiger partial charge in [0.05, 0.1) is 12.0 Å². The molecule has 8 heteroatoms. The molecule has 2 aromatic rings. The van der Waals surface area contributed by atoms with Crippen LogP contribution in [-0.2, 0) is 26.1 Å². The van der Waals surface area contributed by atoms with E-state index in [1.165, 1.54) is 34.2 Å².